The van der Waals surface area contributed by atoms with E-state index in [0.29, 0.717) is 0 Å². The Bertz CT molecular complexity index is 380. The van der Waals surface area contributed by atoms with Crippen molar-refractivity contribution in [2.24, 2.45) is 0 Å². The van der Waals surface area contributed by atoms with Gasteiger partial charge < -0.3 is 5.32 Å². The van der Waals surface area contributed by atoms with Crippen LogP contribution in [0.2, 0.25) is 0 Å². The molecule has 0 fully saturated rings. The van der Waals surface area contributed by atoms with Gasteiger partial charge in [0.15, 0.2) is 0 Å². The van der Waals surface area contributed by atoms with Gasteiger partial charge in [-0.05, 0) is 32.4 Å². The summed E-state index contributed by atoms with van der Waals surface area (Å²) in [6.07, 6.45) is 0. The maximum absolute atomic E-state index is 11.5. The lowest BCUT2D eigenvalue weighted by atomic mass is 9.94. The Hall–Kier alpha value is -1.31. The number of rotatable bonds is 0. The number of aryl methyl sites for hydroxylation is 1. The molecular weight excluding hydrogens is 162 g/mol. The average molecular weight is 175 g/mol. The van der Waals surface area contributed by atoms with Gasteiger partial charge in [-0.3, -0.25) is 4.79 Å². The fourth-order valence-corrected chi connectivity index (χ4v) is 1.81. The maximum Gasteiger partial charge on any atom is 0.252 e. The van der Waals surface area contributed by atoms with Gasteiger partial charge in [0.2, 0.25) is 0 Å². The lowest BCUT2D eigenvalue weighted by molar-refractivity contribution is 0.0940. The fourth-order valence-electron chi connectivity index (χ4n) is 1.81. The van der Waals surface area contributed by atoms with Crippen LogP contribution in [-0.4, -0.2) is 5.91 Å². The van der Waals surface area contributed by atoms with Gasteiger partial charge in [-0.2, -0.15) is 0 Å². The summed E-state index contributed by atoms with van der Waals surface area (Å²) in [6.45, 7) is 6.04. The first-order chi connectivity index (χ1) is 6.00. The number of hydrogen-bond donors (Lipinski definition) is 1. The first-order valence-electron chi connectivity index (χ1n) is 4.44. The summed E-state index contributed by atoms with van der Waals surface area (Å²) in [6, 6.07) is 6.02. The van der Waals surface area contributed by atoms with Gasteiger partial charge in [-0.25, -0.2) is 0 Å². The van der Waals surface area contributed by atoms with Crippen LogP contribution in [0.4, 0.5) is 0 Å². The second-order valence-electron chi connectivity index (χ2n) is 4.13. The van der Waals surface area contributed by atoms with Crippen molar-refractivity contribution in [3.63, 3.8) is 0 Å². The third-order valence-electron chi connectivity index (χ3n) is 2.52. The first kappa shape index (κ1) is 8.30. The van der Waals surface area contributed by atoms with Crippen molar-refractivity contribution in [2.75, 3.05) is 0 Å². The van der Waals surface area contributed by atoms with E-state index < -0.39 is 0 Å². The van der Waals surface area contributed by atoms with Gasteiger partial charge in [0.25, 0.3) is 5.91 Å². The molecule has 2 rings (SSSR count). The zero-order chi connectivity index (χ0) is 9.64. The van der Waals surface area contributed by atoms with Crippen molar-refractivity contribution >= 4 is 5.91 Å². The molecule has 2 heteroatoms. The molecule has 1 aromatic carbocycles. The molecule has 2 nitrogen and oxygen atoms in total. The van der Waals surface area contributed by atoms with Crippen molar-refractivity contribution in [1.82, 2.24) is 5.32 Å². The summed E-state index contributed by atoms with van der Waals surface area (Å²) in [5.74, 6) is 0.0451. The van der Waals surface area contributed by atoms with E-state index >= 15 is 0 Å². The van der Waals surface area contributed by atoms with Gasteiger partial charge >= 0.3 is 0 Å². The third-order valence-corrected chi connectivity index (χ3v) is 2.52. The van der Waals surface area contributed by atoms with E-state index in [2.05, 4.69) is 5.32 Å². The highest BCUT2D eigenvalue weighted by Gasteiger charge is 2.34. The van der Waals surface area contributed by atoms with E-state index in [9.17, 15) is 4.79 Å². The topological polar surface area (TPSA) is 29.1 Å². The average Bonchev–Trinajstić information content (AvgIpc) is 2.22. The molecule has 1 N–H and O–H groups in total. The van der Waals surface area contributed by atoms with E-state index in [1.807, 2.05) is 39.0 Å². The lowest BCUT2D eigenvalue weighted by Crippen LogP contribution is -2.32. The molecule has 0 bridgehead atoms. The fraction of sp³-hybridized carbons (Fsp3) is 0.364. The summed E-state index contributed by atoms with van der Waals surface area (Å²) in [5, 5.41) is 2.95. The summed E-state index contributed by atoms with van der Waals surface area (Å²) in [4.78, 5) is 11.5. The highest BCUT2D eigenvalue weighted by Crippen LogP contribution is 2.30. The third kappa shape index (κ3) is 1.13. The Morgan fingerprint density at radius 1 is 1.31 bits per heavy atom. The molecule has 0 aromatic heterocycles. The van der Waals surface area contributed by atoms with Crippen molar-refractivity contribution < 1.29 is 4.79 Å². The smallest absolute Gasteiger partial charge is 0.252 e. The standard InChI is InChI=1S/C11H13NO/c1-7-4-5-9-8(6-7)10(13)12-11(9,2)3/h4-6H,1-3H3,(H,12,13). The van der Waals surface area contributed by atoms with Gasteiger partial charge in [0.05, 0.1) is 5.54 Å². The first-order valence-corrected chi connectivity index (χ1v) is 4.44. The van der Waals surface area contributed by atoms with Crippen LogP contribution >= 0.6 is 0 Å². The predicted octanol–water partition coefficient (Wildman–Crippen LogP) is 1.97. The molecule has 68 valence electrons. The molecule has 1 aliphatic rings. The molecule has 0 spiro atoms. The van der Waals surface area contributed by atoms with Crippen LogP contribution in [0.3, 0.4) is 0 Å². The van der Waals surface area contributed by atoms with E-state index in [1.165, 1.54) is 0 Å². The van der Waals surface area contributed by atoms with Crippen LogP contribution in [0.1, 0.15) is 35.3 Å². The number of carbonyl (C=O) groups excluding carboxylic acids is 1. The number of hydrogen-bond acceptors (Lipinski definition) is 1. The van der Waals surface area contributed by atoms with Crippen molar-refractivity contribution in [1.29, 1.82) is 0 Å². The van der Waals surface area contributed by atoms with Crippen LogP contribution in [0.25, 0.3) is 0 Å². The van der Waals surface area contributed by atoms with Gasteiger partial charge in [-0.1, -0.05) is 17.7 Å². The molecule has 0 unspecified atom stereocenters. The molecule has 1 amide bonds. The molecule has 0 radical (unpaired) electrons. The Kier molecular flexibility index (Phi) is 1.50. The quantitative estimate of drug-likeness (QED) is 0.641. The van der Waals surface area contributed by atoms with Crippen molar-refractivity contribution in [2.45, 2.75) is 26.3 Å². The number of benzene rings is 1. The predicted molar refractivity (Wildman–Crippen MR) is 51.7 cm³/mol. The Morgan fingerprint density at radius 3 is 2.69 bits per heavy atom. The Balaban J connectivity index is 2.66. The summed E-state index contributed by atoms with van der Waals surface area (Å²) in [7, 11) is 0. The van der Waals surface area contributed by atoms with Crippen LogP contribution in [-0.2, 0) is 5.54 Å². The van der Waals surface area contributed by atoms with Gasteiger partial charge in [-0.15, -0.1) is 0 Å². The van der Waals surface area contributed by atoms with Crippen molar-refractivity contribution in [3.8, 4) is 0 Å². The zero-order valence-corrected chi connectivity index (χ0v) is 8.14. The summed E-state index contributed by atoms with van der Waals surface area (Å²) in [5.41, 5.74) is 2.85. The number of amides is 1. The van der Waals surface area contributed by atoms with Crippen molar-refractivity contribution in [3.05, 3.63) is 34.9 Å². The second kappa shape index (κ2) is 2.34. The number of fused-ring (bicyclic) bond motifs is 1. The highest BCUT2D eigenvalue weighted by atomic mass is 16.2. The van der Waals surface area contributed by atoms with Crippen LogP contribution in [0.5, 0.6) is 0 Å². The molecule has 1 aromatic rings. The molecule has 0 aliphatic carbocycles. The largest absolute Gasteiger partial charge is 0.343 e. The zero-order valence-electron chi connectivity index (χ0n) is 8.14. The molecular formula is C11H13NO. The minimum Gasteiger partial charge on any atom is -0.343 e. The van der Waals surface area contributed by atoms with Gasteiger partial charge in [0.1, 0.15) is 0 Å². The van der Waals surface area contributed by atoms with Crippen LogP contribution < -0.4 is 5.32 Å². The lowest BCUT2D eigenvalue weighted by Gasteiger charge is -2.18. The molecule has 1 aliphatic heterocycles. The Morgan fingerprint density at radius 2 is 2.00 bits per heavy atom. The molecule has 0 saturated carbocycles. The van der Waals surface area contributed by atoms with E-state index in [4.69, 9.17) is 0 Å². The van der Waals surface area contributed by atoms with E-state index in [-0.39, 0.29) is 11.4 Å². The van der Waals surface area contributed by atoms with Gasteiger partial charge in [0, 0.05) is 5.56 Å². The summed E-state index contributed by atoms with van der Waals surface area (Å²) < 4.78 is 0. The number of carbonyl (C=O) groups is 1. The molecule has 0 atom stereocenters. The summed E-state index contributed by atoms with van der Waals surface area (Å²) >= 11 is 0. The maximum atomic E-state index is 11.5. The van der Waals surface area contributed by atoms with E-state index in [0.717, 1.165) is 16.7 Å². The number of nitrogens with one attached hydrogen (secondary N) is 1. The monoisotopic (exact) mass is 175 g/mol. The molecule has 0 saturated heterocycles. The minimum atomic E-state index is -0.208. The minimum absolute atomic E-state index is 0.0451. The second-order valence-corrected chi connectivity index (χ2v) is 4.13. The van der Waals surface area contributed by atoms with Crippen LogP contribution in [0.15, 0.2) is 18.2 Å². The normalized spacial score (nSPS) is 18.2. The van der Waals surface area contributed by atoms with E-state index in [1.54, 1.807) is 0 Å². The SMILES string of the molecule is Cc1ccc2c(c1)C(=O)NC2(C)C. The Labute approximate surface area is 78.0 Å². The highest BCUT2D eigenvalue weighted by molar-refractivity contribution is 6.00. The van der Waals surface area contributed by atoms with Crippen LogP contribution in [0, 0.1) is 6.92 Å². The molecule has 13 heavy (non-hydrogen) atoms. The molecule has 1 heterocycles.